The number of piperidine rings is 1. The van der Waals surface area contributed by atoms with E-state index in [-0.39, 0.29) is 11.8 Å². The van der Waals surface area contributed by atoms with Crippen molar-refractivity contribution >= 4 is 17.5 Å². The van der Waals surface area contributed by atoms with Gasteiger partial charge in [-0.05, 0) is 38.1 Å². The molecule has 0 saturated carbocycles. The predicted octanol–water partition coefficient (Wildman–Crippen LogP) is 2.05. The lowest BCUT2D eigenvalue weighted by molar-refractivity contribution is -0.126. The van der Waals surface area contributed by atoms with Crippen molar-refractivity contribution in [2.24, 2.45) is 5.92 Å². The van der Waals surface area contributed by atoms with Crippen molar-refractivity contribution in [2.45, 2.75) is 19.4 Å². The van der Waals surface area contributed by atoms with Crippen LogP contribution >= 0.6 is 11.6 Å². The molecule has 0 spiro atoms. The molecule has 1 aromatic carbocycles. The summed E-state index contributed by atoms with van der Waals surface area (Å²) >= 11 is 6.03. The Morgan fingerprint density at radius 3 is 2.73 bits per heavy atom. The highest BCUT2D eigenvalue weighted by Crippen LogP contribution is 2.22. The number of aromatic nitrogens is 2. The number of rotatable bonds is 7. The Balaban J connectivity index is 1.19. The van der Waals surface area contributed by atoms with E-state index in [1.807, 2.05) is 24.3 Å². The van der Waals surface area contributed by atoms with Crippen molar-refractivity contribution in [3.05, 3.63) is 35.2 Å². The number of amides is 1. The Morgan fingerprint density at radius 1 is 1.17 bits per heavy atom. The first-order valence-electron chi connectivity index (χ1n) is 10.6. The van der Waals surface area contributed by atoms with Crippen LogP contribution in [0.4, 0.5) is 0 Å². The van der Waals surface area contributed by atoms with E-state index in [2.05, 4.69) is 25.3 Å². The fourth-order valence-corrected chi connectivity index (χ4v) is 4.11. The van der Waals surface area contributed by atoms with Gasteiger partial charge < -0.3 is 14.6 Å². The maximum atomic E-state index is 12.5. The molecule has 1 amide bonds. The fourth-order valence-electron chi connectivity index (χ4n) is 3.91. The minimum absolute atomic E-state index is 0.0793. The number of benzene rings is 1. The monoisotopic (exact) mass is 433 g/mol. The third-order valence-corrected chi connectivity index (χ3v) is 5.93. The number of ether oxygens (including phenoxy) is 1. The average molecular weight is 434 g/mol. The van der Waals surface area contributed by atoms with Gasteiger partial charge in [-0.2, -0.15) is 4.98 Å². The van der Waals surface area contributed by atoms with Gasteiger partial charge in [-0.25, -0.2) is 0 Å². The number of nitrogens with zero attached hydrogens (tertiary/aromatic N) is 4. The second kappa shape index (κ2) is 10.3. The molecule has 0 radical (unpaired) electrons. The molecule has 1 aromatic heterocycles. The Morgan fingerprint density at radius 2 is 1.97 bits per heavy atom. The lowest BCUT2D eigenvalue weighted by Crippen LogP contribution is -2.44. The number of hydrogen-bond donors (Lipinski definition) is 1. The van der Waals surface area contributed by atoms with Crippen LogP contribution in [0.1, 0.15) is 18.7 Å². The molecule has 2 saturated heterocycles. The van der Waals surface area contributed by atoms with Gasteiger partial charge in [0.15, 0.2) is 0 Å². The van der Waals surface area contributed by atoms with Gasteiger partial charge in [-0.1, -0.05) is 28.9 Å². The summed E-state index contributed by atoms with van der Waals surface area (Å²) in [4.78, 5) is 21.5. The fraction of sp³-hybridized carbons (Fsp3) is 0.571. The molecule has 2 aromatic rings. The summed E-state index contributed by atoms with van der Waals surface area (Å²) in [5, 5.41) is 7.80. The zero-order valence-corrected chi connectivity index (χ0v) is 17.8. The molecule has 4 rings (SSSR count). The number of nitrogens with one attached hydrogen (secondary N) is 1. The van der Waals surface area contributed by atoms with Crippen LogP contribution in [0, 0.1) is 5.92 Å². The van der Waals surface area contributed by atoms with E-state index in [0.717, 1.165) is 64.3 Å². The first-order chi connectivity index (χ1) is 14.7. The van der Waals surface area contributed by atoms with Crippen molar-refractivity contribution < 1.29 is 14.1 Å². The number of hydrogen-bond acceptors (Lipinski definition) is 7. The number of morpholine rings is 1. The van der Waals surface area contributed by atoms with Crippen LogP contribution in [-0.2, 0) is 16.1 Å². The molecule has 2 aliphatic heterocycles. The molecule has 162 valence electrons. The summed E-state index contributed by atoms with van der Waals surface area (Å²) in [5.41, 5.74) is 0.838. The summed E-state index contributed by atoms with van der Waals surface area (Å²) in [6, 6.07) is 7.41. The van der Waals surface area contributed by atoms with Crippen molar-refractivity contribution in [1.82, 2.24) is 25.3 Å². The normalized spacial score (nSPS) is 19.1. The van der Waals surface area contributed by atoms with Crippen LogP contribution in [0.25, 0.3) is 11.4 Å². The van der Waals surface area contributed by atoms with Crippen molar-refractivity contribution in [3.8, 4) is 11.4 Å². The summed E-state index contributed by atoms with van der Waals surface area (Å²) in [6.07, 6.45) is 1.69. The molecular weight excluding hydrogens is 406 g/mol. The standard InChI is InChI=1S/C21H28ClN5O3/c22-18-3-1-2-17(14-18)20-24-19(30-25-20)15-27-7-4-16(5-8-27)21(28)23-6-9-26-10-12-29-13-11-26/h1-3,14,16H,4-13,15H2,(H,23,28). The van der Waals surface area contributed by atoms with Gasteiger partial charge in [0.05, 0.1) is 19.8 Å². The zero-order valence-electron chi connectivity index (χ0n) is 17.1. The van der Waals surface area contributed by atoms with Crippen LogP contribution < -0.4 is 5.32 Å². The van der Waals surface area contributed by atoms with Crippen molar-refractivity contribution in [3.63, 3.8) is 0 Å². The maximum absolute atomic E-state index is 12.5. The summed E-state index contributed by atoms with van der Waals surface area (Å²) in [6.45, 7) is 7.34. The van der Waals surface area contributed by atoms with E-state index in [4.69, 9.17) is 20.9 Å². The van der Waals surface area contributed by atoms with Crippen molar-refractivity contribution in [2.75, 3.05) is 52.5 Å². The molecule has 2 fully saturated rings. The maximum Gasteiger partial charge on any atom is 0.241 e. The number of likely N-dealkylation sites (tertiary alicyclic amines) is 1. The highest BCUT2D eigenvalue weighted by Gasteiger charge is 2.26. The number of halogens is 1. The third-order valence-electron chi connectivity index (χ3n) is 5.70. The molecular formula is C21H28ClN5O3. The highest BCUT2D eigenvalue weighted by atomic mass is 35.5. The lowest BCUT2D eigenvalue weighted by Gasteiger charge is -2.30. The van der Waals surface area contributed by atoms with Crippen LogP contribution in [0.15, 0.2) is 28.8 Å². The molecule has 0 atom stereocenters. The van der Waals surface area contributed by atoms with E-state index in [1.54, 1.807) is 0 Å². The molecule has 1 N–H and O–H groups in total. The molecule has 30 heavy (non-hydrogen) atoms. The first kappa shape index (κ1) is 21.2. The van der Waals surface area contributed by atoms with Gasteiger partial charge in [0.2, 0.25) is 17.6 Å². The highest BCUT2D eigenvalue weighted by molar-refractivity contribution is 6.30. The number of carbonyl (C=O) groups is 1. The van der Waals surface area contributed by atoms with Gasteiger partial charge in [0.25, 0.3) is 0 Å². The van der Waals surface area contributed by atoms with E-state index >= 15 is 0 Å². The molecule has 0 aliphatic carbocycles. The largest absolute Gasteiger partial charge is 0.379 e. The lowest BCUT2D eigenvalue weighted by atomic mass is 9.96. The second-order valence-electron chi connectivity index (χ2n) is 7.82. The second-order valence-corrected chi connectivity index (χ2v) is 8.25. The number of carbonyl (C=O) groups excluding carboxylic acids is 1. The zero-order chi connectivity index (χ0) is 20.8. The Labute approximate surface area is 181 Å². The minimum atomic E-state index is 0.0793. The predicted molar refractivity (Wildman–Crippen MR) is 113 cm³/mol. The van der Waals surface area contributed by atoms with E-state index in [9.17, 15) is 4.79 Å². The summed E-state index contributed by atoms with van der Waals surface area (Å²) in [5.74, 6) is 1.38. The Hall–Kier alpha value is -2.00. The topological polar surface area (TPSA) is 83.7 Å². The summed E-state index contributed by atoms with van der Waals surface area (Å²) < 4.78 is 10.8. The van der Waals surface area contributed by atoms with Crippen LogP contribution in [0.3, 0.4) is 0 Å². The minimum Gasteiger partial charge on any atom is -0.379 e. The first-order valence-corrected chi connectivity index (χ1v) is 10.9. The molecule has 0 bridgehead atoms. The SMILES string of the molecule is O=C(NCCN1CCOCC1)C1CCN(Cc2nc(-c3cccc(Cl)c3)no2)CC1. The molecule has 9 heteroatoms. The molecule has 2 aliphatic rings. The average Bonchev–Trinajstić information content (AvgIpc) is 3.23. The quantitative estimate of drug-likeness (QED) is 0.715. The van der Waals surface area contributed by atoms with Gasteiger partial charge in [0, 0.05) is 42.7 Å². The molecule has 0 unspecified atom stereocenters. The van der Waals surface area contributed by atoms with Crippen LogP contribution in [0.5, 0.6) is 0 Å². The van der Waals surface area contributed by atoms with E-state index in [0.29, 0.717) is 29.8 Å². The van der Waals surface area contributed by atoms with Crippen LogP contribution in [-0.4, -0.2) is 78.3 Å². The van der Waals surface area contributed by atoms with Gasteiger partial charge in [0.1, 0.15) is 0 Å². The Bertz CT molecular complexity index is 832. The van der Waals surface area contributed by atoms with Gasteiger partial charge in [-0.15, -0.1) is 0 Å². The molecule has 8 nitrogen and oxygen atoms in total. The third kappa shape index (κ3) is 5.78. The molecule has 3 heterocycles. The summed E-state index contributed by atoms with van der Waals surface area (Å²) in [7, 11) is 0. The Kier molecular flexibility index (Phi) is 7.33. The smallest absolute Gasteiger partial charge is 0.241 e. The van der Waals surface area contributed by atoms with E-state index in [1.165, 1.54) is 0 Å². The van der Waals surface area contributed by atoms with Crippen molar-refractivity contribution in [1.29, 1.82) is 0 Å². The van der Waals surface area contributed by atoms with Crippen LogP contribution in [0.2, 0.25) is 5.02 Å². The van der Waals surface area contributed by atoms with Gasteiger partial charge >= 0.3 is 0 Å². The van der Waals surface area contributed by atoms with E-state index < -0.39 is 0 Å². The van der Waals surface area contributed by atoms with Gasteiger partial charge in [-0.3, -0.25) is 14.6 Å².